The molecule has 3 aliphatic rings. The fourth-order valence-corrected chi connectivity index (χ4v) is 6.62. The topological polar surface area (TPSA) is 66.0 Å². The number of carbonyl (C=O) groups is 2. The number of carbonyl (C=O) groups excluding carboxylic acids is 2. The largest absolute Gasteiger partial charge is 0.497 e. The molecule has 2 amide bonds. The monoisotopic (exact) mass is 496 g/mol. The van der Waals surface area contributed by atoms with Gasteiger partial charge in [-0.15, -0.1) is 11.3 Å². The number of anilines is 1. The van der Waals surface area contributed by atoms with Gasteiger partial charge in [-0.1, -0.05) is 19.3 Å². The lowest BCUT2D eigenvalue weighted by Gasteiger charge is -2.36. The standard InChI is InChI=1S/C27H36N4O3S/c1-34-23-9-7-22(8-10-23)29-15-17-31(18-16-29)27(33)24-19-35-25(28-24)20-11-13-30(14-12-20)26(32)21-5-3-2-4-6-21/h7-10,19-21H,2-6,11-18H2,1H3. The van der Waals surface area contributed by atoms with Gasteiger partial charge in [-0.05, 0) is 49.9 Å². The summed E-state index contributed by atoms with van der Waals surface area (Å²) in [4.78, 5) is 37.0. The van der Waals surface area contributed by atoms with Crippen LogP contribution in [0.5, 0.6) is 5.75 Å². The number of hydrogen-bond donors (Lipinski definition) is 0. The van der Waals surface area contributed by atoms with Gasteiger partial charge in [-0.25, -0.2) is 4.98 Å². The number of hydrogen-bond acceptors (Lipinski definition) is 6. The Hall–Kier alpha value is -2.61. The first-order valence-electron chi connectivity index (χ1n) is 13.0. The number of piperazine rings is 1. The van der Waals surface area contributed by atoms with Crippen LogP contribution in [0.25, 0.3) is 0 Å². The molecule has 0 N–H and O–H groups in total. The Morgan fingerprint density at radius 2 is 1.57 bits per heavy atom. The van der Waals surface area contributed by atoms with Crippen LogP contribution in [0.1, 0.15) is 66.4 Å². The maximum absolute atomic E-state index is 13.1. The highest BCUT2D eigenvalue weighted by atomic mass is 32.1. The van der Waals surface area contributed by atoms with E-state index in [1.807, 2.05) is 22.4 Å². The van der Waals surface area contributed by atoms with Gasteiger partial charge in [0.2, 0.25) is 5.91 Å². The van der Waals surface area contributed by atoms with E-state index in [0.29, 0.717) is 30.6 Å². The average molecular weight is 497 g/mol. The zero-order valence-electron chi connectivity index (χ0n) is 20.7. The molecule has 35 heavy (non-hydrogen) atoms. The Morgan fingerprint density at radius 3 is 2.23 bits per heavy atom. The Kier molecular flexibility index (Phi) is 7.56. The molecule has 0 radical (unpaired) electrons. The second-order valence-corrected chi connectivity index (χ2v) is 10.9. The maximum atomic E-state index is 13.1. The van der Waals surface area contributed by atoms with E-state index in [4.69, 9.17) is 9.72 Å². The molecule has 5 rings (SSSR count). The van der Waals surface area contributed by atoms with Crippen LogP contribution in [0, 0.1) is 5.92 Å². The third-order valence-corrected chi connectivity index (χ3v) is 8.86. The highest BCUT2D eigenvalue weighted by Crippen LogP contribution is 2.33. The van der Waals surface area contributed by atoms with E-state index in [0.717, 1.165) is 68.3 Å². The average Bonchev–Trinajstić information content (AvgIpc) is 3.43. The van der Waals surface area contributed by atoms with Gasteiger partial charge >= 0.3 is 0 Å². The van der Waals surface area contributed by atoms with Crippen molar-refractivity contribution in [3.8, 4) is 5.75 Å². The second kappa shape index (κ2) is 11.0. The Bertz CT molecular complexity index is 1000. The van der Waals surface area contributed by atoms with Gasteiger partial charge in [0.15, 0.2) is 0 Å². The number of rotatable bonds is 5. The van der Waals surface area contributed by atoms with E-state index < -0.39 is 0 Å². The minimum absolute atomic E-state index is 0.0341. The van der Waals surface area contributed by atoms with Crippen molar-refractivity contribution in [3.63, 3.8) is 0 Å². The molecule has 1 saturated carbocycles. The summed E-state index contributed by atoms with van der Waals surface area (Å²) >= 11 is 1.60. The van der Waals surface area contributed by atoms with E-state index >= 15 is 0 Å². The third-order valence-electron chi connectivity index (χ3n) is 7.86. The zero-order valence-corrected chi connectivity index (χ0v) is 21.5. The fraction of sp³-hybridized carbons (Fsp3) is 0.593. The van der Waals surface area contributed by atoms with Crippen molar-refractivity contribution in [2.75, 3.05) is 51.3 Å². The first-order valence-corrected chi connectivity index (χ1v) is 13.9. The normalized spacial score (nSPS) is 20.2. The van der Waals surface area contributed by atoms with Crippen LogP contribution in [-0.4, -0.2) is 73.0 Å². The maximum Gasteiger partial charge on any atom is 0.273 e. The van der Waals surface area contributed by atoms with Crippen molar-refractivity contribution >= 4 is 28.8 Å². The molecule has 0 bridgehead atoms. The molecule has 188 valence electrons. The second-order valence-electron chi connectivity index (χ2n) is 9.98. The van der Waals surface area contributed by atoms with Gasteiger partial charge in [-0.2, -0.15) is 0 Å². The first kappa shape index (κ1) is 24.1. The number of nitrogens with zero attached hydrogens (tertiary/aromatic N) is 4. The molecule has 3 heterocycles. The third kappa shape index (κ3) is 5.47. The Labute approximate surface area is 212 Å². The number of amides is 2. The molecule has 0 atom stereocenters. The highest BCUT2D eigenvalue weighted by molar-refractivity contribution is 7.09. The highest BCUT2D eigenvalue weighted by Gasteiger charge is 2.31. The van der Waals surface area contributed by atoms with E-state index in [1.165, 1.54) is 19.3 Å². The van der Waals surface area contributed by atoms with Crippen LogP contribution in [0.2, 0.25) is 0 Å². The molecule has 3 fully saturated rings. The van der Waals surface area contributed by atoms with E-state index in [-0.39, 0.29) is 11.8 Å². The molecular weight excluding hydrogens is 460 g/mol. The first-order chi connectivity index (χ1) is 17.1. The van der Waals surface area contributed by atoms with Gasteiger partial charge in [0.05, 0.1) is 12.1 Å². The van der Waals surface area contributed by atoms with Gasteiger partial charge in [-0.3, -0.25) is 9.59 Å². The van der Waals surface area contributed by atoms with Crippen molar-refractivity contribution in [2.24, 2.45) is 5.92 Å². The SMILES string of the molecule is COc1ccc(N2CCN(C(=O)c3csc(C4CCN(C(=O)C5CCCCC5)CC4)n3)CC2)cc1. The van der Waals surface area contributed by atoms with Crippen molar-refractivity contribution in [3.05, 3.63) is 40.3 Å². The Morgan fingerprint density at radius 1 is 0.886 bits per heavy atom. The summed E-state index contributed by atoms with van der Waals surface area (Å²) in [7, 11) is 1.67. The molecule has 2 aromatic rings. The molecule has 2 aliphatic heterocycles. The van der Waals surface area contributed by atoms with E-state index in [2.05, 4.69) is 21.9 Å². The lowest BCUT2D eigenvalue weighted by atomic mass is 9.87. The summed E-state index contributed by atoms with van der Waals surface area (Å²) in [6.45, 7) is 4.64. The van der Waals surface area contributed by atoms with Gasteiger partial charge < -0.3 is 19.4 Å². The minimum atomic E-state index is 0.0341. The van der Waals surface area contributed by atoms with E-state index in [9.17, 15) is 9.59 Å². The Balaban J connectivity index is 1.11. The van der Waals surface area contributed by atoms with Crippen LogP contribution < -0.4 is 9.64 Å². The van der Waals surface area contributed by atoms with Gasteiger partial charge in [0, 0.05) is 62.2 Å². The van der Waals surface area contributed by atoms with Crippen LogP contribution >= 0.6 is 11.3 Å². The zero-order chi connectivity index (χ0) is 24.2. The summed E-state index contributed by atoms with van der Waals surface area (Å²) in [6.07, 6.45) is 7.67. The lowest BCUT2D eigenvalue weighted by Crippen LogP contribution is -2.48. The summed E-state index contributed by atoms with van der Waals surface area (Å²) < 4.78 is 5.25. The quantitative estimate of drug-likeness (QED) is 0.614. The molecule has 0 unspecified atom stereocenters. The summed E-state index contributed by atoms with van der Waals surface area (Å²) in [5.41, 5.74) is 1.73. The molecule has 7 nitrogen and oxygen atoms in total. The molecule has 8 heteroatoms. The fourth-order valence-electron chi connectivity index (χ4n) is 5.65. The number of ether oxygens (including phenoxy) is 1. The van der Waals surface area contributed by atoms with Gasteiger partial charge in [0.1, 0.15) is 11.4 Å². The van der Waals surface area contributed by atoms with Crippen LogP contribution in [0.4, 0.5) is 5.69 Å². The number of benzene rings is 1. The van der Waals surface area contributed by atoms with Crippen LogP contribution in [0.3, 0.4) is 0 Å². The smallest absolute Gasteiger partial charge is 0.273 e. The lowest BCUT2D eigenvalue weighted by molar-refractivity contribution is -0.137. The molecule has 1 aliphatic carbocycles. The predicted octanol–water partition coefficient (Wildman–Crippen LogP) is 4.40. The molecule has 0 spiro atoms. The summed E-state index contributed by atoms with van der Waals surface area (Å²) in [5, 5.41) is 2.97. The molecule has 1 aromatic carbocycles. The predicted molar refractivity (Wildman–Crippen MR) is 138 cm³/mol. The summed E-state index contributed by atoms with van der Waals surface area (Å²) in [5.74, 6) is 1.85. The minimum Gasteiger partial charge on any atom is -0.497 e. The molecular formula is C27H36N4O3S. The van der Waals surface area contributed by atoms with Crippen molar-refractivity contribution < 1.29 is 14.3 Å². The molecule has 2 saturated heterocycles. The number of likely N-dealkylation sites (tertiary alicyclic amines) is 1. The van der Waals surface area contributed by atoms with Gasteiger partial charge in [0.25, 0.3) is 5.91 Å². The number of methoxy groups -OCH3 is 1. The van der Waals surface area contributed by atoms with Crippen LogP contribution in [-0.2, 0) is 4.79 Å². The van der Waals surface area contributed by atoms with Crippen molar-refractivity contribution in [2.45, 2.75) is 50.9 Å². The van der Waals surface area contributed by atoms with Crippen molar-refractivity contribution in [1.82, 2.24) is 14.8 Å². The number of aromatic nitrogens is 1. The molecule has 1 aromatic heterocycles. The van der Waals surface area contributed by atoms with E-state index in [1.54, 1.807) is 18.4 Å². The van der Waals surface area contributed by atoms with Crippen LogP contribution in [0.15, 0.2) is 29.6 Å². The van der Waals surface area contributed by atoms with Crippen molar-refractivity contribution in [1.29, 1.82) is 0 Å². The number of piperidine rings is 1. The number of thiazole rings is 1. The summed E-state index contributed by atoms with van der Waals surface area (Å²) in [6, 6.07) is 8.08.